The molecule has 1 fully saturated rings. The Balaban J connectivity index is 1.90. The van der Waals surface area contributed by atoms with Gasteiger partial charge in [0.05, 0.1) is 23.2 Å². The Morgan fingerprint density at radius 3 is 2.07 bits per heavy atom. The van der Waals surface area contributed by atoms with Crippen LogP contribution in [0.25, 0.3) is 0 Å². The van der Waals surface area contributed by atoms with E-state index in [0.717, 1.165) is 56.7 Å². The van der Waals surface area contributed by atoms with Crippen molar-refractivity contribution in [3.8, 4) is 0 Å². The molecule has 1 aliphatic rings. The highest BCUT2D eigenvalue weighted by atomic mass is 32.2. The van der Waals surface area contributed by atoms with Crippen LogP contribution in [0, 0.1) is 0 Å². The highest BCUT2D eigenvalue weighted by molar-refractivity contribution is 7.89. The van der Waals surface area contributed by atoms with Gasteiger partial charge < -0.3 is 9.64 Å². The summed E-state index contributed by atoms with van der Waals surface area (Å²) in [5, 5.41) is 0. The van der Waals surface area contributed by atoms with Crippen LogP contribution in [0.5, 0.6) is 0 Å². The summed E-state index contributed by atoms with van der Waals surface area (Å²) in [7, 11) is -2.34. The average Bonchev–Trinajstić information content (AvgIpc) is 2.70. The molecule has 2 rings (SSSR count). The molecule has 0 spiro atoms. The zero-order chi connectivity index (χ0) is 21.7. The van der Waals surface area contributed by atoms with Gasteiger partial charge in [0.25, 0.3) is 0 Å². The molecule has 9 heteroatoms. The van der Waals surface area contributed by atoms with E-state index in [1.165, 1.54) is 11.4 Å². The molecule has 0 amide bonds. The van der Waals surface area contributed by atoms with Gasteiger partial charge >= 0.3 is 6.18 Å². The third-order valence-corrected chi connectivity index (χ3v) is 7.60. The third kappa shape index (κ3) is 6.41. The van der Waals surface area contributed by atoms with E-state index >= 15 is 0 Å². The van der Waals surface area contributed by atoms with Crippen LogP contribution in [0.15, 0.2) is 29.2 Å². The Morgan fingerprint density at radius 2 is 1.59 bits per heavy atom. The second-order valence-electron chi connectivity index (χ2n) is 7.37. The summed E-state index contributed by atoms with van der Waals surface area (Å²) in [5.74, 6) is 0. The van der Waals surface area contributed by atoms with Gasteiger partial charge in [-0.3, -0.25) is 0 Å². The minimum atomic E-state index is -4.49. The van der Waals surface area contributed by atoms with Crippen LogP contribution in [0.1, 0.15) is 45.1 Å². The second-order valence-corrected chi connectivity index (χ2v) is 9.37. The summed E-state index contributed by atoms with van der Waals surface area (Å²) in [4.78, 5) is 2.17. The highest BCUT2D eigenvalue weighted by Crippen LogP contribution is 2.31. The van der Waals surface area contributed by atoms with Crippen molar-refractivity contribution >= 4 is 10.0 Å². The Morgan fingerprint density at radius 1 is 1.03 bits per heavy atom. The molecule has 0 bridgehead atoms. The lowest BCUT2D eigenvalue weighted by atomic mass is 9.93. The molecule has 0 atom stereocenters. The van der Waals surface area contributed by atoms with E-state index in [-0.39, 0.29) is 17.0 Å². The summed E-state index contributed by atoms with van der Waals surface area (Å²) in [6.45, 7) is 7.74. The van der Waals surface area contributed by atoms with E-state index in [9.17, 15) is 21.6 Å². The largest absolute Gasteiger partial charge is 0.416 e. The monoisotopic (exact) mass is 436 g/mol. The maximum atomic E-state index is 12.8. The van der Waals surface area contributed by atoms with Crippen LogP contribution in [0.3, 0.4) is 0 Å². The topological polar surface area (TPSA) is 49.9 Å². The van der Waals surface area contributed by atoms with Crippen LogP contribution >= 0.6 is 0 Å². The minimum absolute atomic E-state index is 0.120. The molecule has 0 aromatic heterocycles. The van der Waals surface area contributed by atoms with Crippen molar-refractivity contribution in [2.75, 3.05) is 33.3 Å². The summed E-state index contributed by atoms with van der Waals surface area (Å²) in [6, 6.07) is 3.49. The molecule has 0 unspecified atom stereocenters. The molecule has 0 heterocycles. The standard InChI is InChI=1S/C20H31F3N2O3S/c1-4-25(5-2)14-15-28-18-10-8-17(9-11-18)24(3)29(26,27)19-12-6-16(7-13-19)20(21,22)23/h6-7,12-13,17-18H,4-5,8-11,14-15H2,1-3H3/t17-,18-. The van der Waals surface area contributed by atoms with E-state index in [1.54, 1.807) is 0 Å². The number of benzene rings is 1. The molecule has 0 N–H and O–H groups in total. The Labute approximate surface area is 171 Å². The van der Waals surface area contributed by atoms with Crippen molar-refractivity contribution in [1.82, 2.24) is 9.21 Å². The molecule has 0 saturated heterocycles. The van der Waals surface area contributed by atoms with E-state index in [0.29, 0.717) is 19.4 Å². The first kappa shape index (κ1) is 24.1. The van der Waals surface area contributed by atoms with Gasteiger partial charge in [-0.15, -0.1) is 0 Å². The number of hydrogen-bond acceptors (Lipinski definition) is 4. The predicted molar refractivity (Wildman–Crippen MR) is 106 cm³/mol. The summed E-state index contributed by atoms with van der Waals surface area (Å²) >= 11 is 0. The third-order valence-electron chi connectivity index (χ3n) is 5.67. The fraction of sp³-hybridized carbons (Fsp3) is 0.700. The van der Waals surface area contributed by atoms with Crippen molar-refractivity contribution in [1.29, 1.82) is 0 Å². The van der Waals surface area contributed by atoms with E-state index in [4.69, 9.17) is 4.74 Å². The molecule has 1 saturated carbocycles. The van der Waals surface area contributed by atoms with Gasteiger partial charge in [0, 0.05) is 19.6 Å². The summed E-state index contributed by atoms with van der Waals surface area (Å²) in [6.07, 6.45) is -1.47. The number of likely N-dealkylation sites (N-methyl/N-ethyl adjacent to an activating group) is 1. The molecule has 5 nitrogen and oxygen atoms in total. The zero-order valence-corrected chi connectivity index (χ0v) is 18.1. The number of rotatable bonds is 9. The minimum Gasteiger partial charge on any atom is -0.377 e. The van der Waals surface area contributed by atoms with E-state index in [2.05, 4.69) is 18.7 Å². The van der Waals surface area contributed by atoms with Crippen molar-refractivity contribution in [2.45, 2.75) is 62.7 Å². The maximum Gasteiger partial charge on any atom is 0.416 e. The van der Waals surface area contributed by atoms with Gasteiger partial charge in [0.2, 0.25) is 10.0 Å². The fourth-order valence-electron chi connectivity index (χ4n) is 3.64. The van der Waals surface area contributed by atoms with Crippen molar-refractivity contribution in [2.24, 2.45) is 0 Å². The number of halogens is 3. The number of nitrogens with zero attached hydrogens (tertiary/aromatic N) is 2. The van der Waals surface area contributed by atoms with Gasteiger partial charge in [0.15, 0.2) is 0 Å². The normalized spacial score (nSPS) is 21.1. The molecular weight excluding hydrogens is 405 g/mol. The lowest BCUT2D eigenvalue weighted by Gasteiger charge is -2.34. The highest BCUT2D eigenvalue weighted by Gasteiger charge is 2.34. The first-order valence-electron chi connectivity index (χ1n) is 10.1. The van der Waals surface area contributed by atoms with Gasteiger partial charge in [0.1, 0.15) is 0 Å². The lowest BCUT2D eigenvalue weighted by Crippen LogP contribution is -2.41. The Hall–Kier alpha value is -1.16. The maximum absolute atomic E-state index is 12.8. The number of ether oxygens (including phenoxy) is 1. The van der Waals surface area contributed by atoms with Gasteiger partial charge in [-0.05, 0) is 63.0 Å². The number of alkyl halides is 3. The SMILES string of the molecule is CCN(CC)CCO[C@H]1CC[C@H](N(C)S(=O)(=O)c2ccc(C(F)(F)F)cc2)CC1. The van der Waals surface area contributed by atoms with Crippen molar-refractivity contribution in [3.63, 3.8) is 0 Å². The summed E-state index contributed by atoms with van der Waals surface area (Å²) in [5.41, 5.74) is -0.860. The fourth-order valence-corrected chi connectivity index (χ4v) is 5.06. The first-order valence-corrected chi connectivity index (χ1v) is 11.5. The molecule has 1 aromatic carbocycles. The quantitative estimate of drug-likeness (QED) is 0.587. The van der Waals surface area contributed by atoms with Gasteiger partial charge in [-0.2, -0.15) is 17.5 Å². The zero-order valence-electron chi connectivity index (χ0n) is 17.3. The smallest absolute Gasteiger partial charge is 0.377 e. The van der Waals surface area contributed by atoms with Crippen molar-refractivity contribution < 1.29 is 26.3 Å². The Kier molecular flexibility index (Phi) is 8.51. The Bertz CT molecular complexity index is 726. The van der Waals surface area contributed by atoms with Crippen LogP contribution in [-0.4, -0.2) is 63.1 Å². The van der Waals surface area contributed by atoms with Crippen LogP contribution in [-0.2, 0) is 20.9 Å². The molecule has 1 aromatic rings. The lowest BCUT2D eigenvalue weighted by molar-refractivity contribution is -0.137. The summed E-state index contributed by atoms with van der Waals surface area (Å²) < 4.78 is 70.9. The second kappa shape index (κ2) is 10.2. The molecule has 166 valence electrons. The molecule has 0 radical (unpaired) electrons. The predicted octanol–water partition coefficient (Wildman–Crippen LogP) is 4.00. The average molecular weight is 437 g/mol. The van der Waals surface area contributed by atoms with Gasteiger partial charge in [-0.1, -0.05) is 13.8 Å². The first-order chi connectivity index (χ1) is 13.6. The van der Waals surface area contributed by atoms with E-state index < -0.39 is 21.8 Å². The van der Waals surface area contributed by atoms with Gasteiger partial charge in [-0.25, -0.2) is 8.42 Å². The van der Waals surface area contributed by atoms with Crippen molar-refractivity contribution in [3.05, 3.63) is 29.8 Å². The van der Waals surface area contributed by atoms with Crippen LogP contribution < -0.4 is 0 Å². The van der Waals surface area contributed by atoms with Crippen LogP contribution in [0.2, 0.25) is 0 Å². The molecule has 29 heavy (non-hydrogen) atoms. The molecular formula is C20H31F3N2O3S. The van der Waals surface area contributed by atoms with Crippen LogP contribution in [0.4, 0.5) is 13.2 Å². The number of sulfonamides is 1. The molecule has 1 aliphatic carbocycles. The number of hydrogen-bond donors (Lipinski definition) is 0. The van der Waals surface area contributed by atoms with E-state index in [1.807, 2.05) is 0 Å². The molecule has 0 aliphatic heterocycles.